The average molecular weight is 284 g/mol. The van der Waals surface area contributed by atoms with Crippen molar-refractivity contribution in [2.45, 2.75) is 44.1 Å². The van der Waals surface area contributed by atoms with Crippen LogP contribution in [0.3, 0.4) is 0 Å². The number of piperidine rings is 1. The maximum absolute atomic E-state index is 12.9. The SMILES string of the molecule is O=C(C1Cc2ccccc21)N(CC1CCCNC1)C1CC1. The van der Waals surface area contributed by atoms with Gasteiger partial charge in [0.2, 0.25) is 5.91 Å². The molecule has 1 saturated carbocycles. The van der Waals surface area contributed by atoms with Crippen molar-refractivity contribution < 1.29 is 4.79 Å². The first-order valence-electron chi connectivity index (χ1n) is 8.42. The normalized spacial score (nSPS) is 27.6. The van der Waals surface area contributed by atoms with Gasteiger partial charge in [0.15, 0.2) is 0 Å². The van der Waals surface area contributed by atoms with Crippen LogP contribution in [0.1, 0.15) is 42.7 Å². The van der Waals surface area contributed by atoms with Crippen molar-refractivity contribution in [2.75, 3.05) is 19.6 Å². The van der Waals surface area contributed by atoms with E-state index in [1.807, 2.05) is 0 Å². The van der Waals surface area contributed by atoms with Gasteiger partial charge in [-0.3, -0.25) is 4.79 Å². The third kappa shape index (κ3) is 2.59. The lowest BCUT2D eigenvalue weighted by Crippen LogP contribution is -2.45. The van der Waals surface area contributed by atoms with Crippen molar-refractivity contribution in [3.63, 3.8) is 0 Å². The summed E-state index contributed by atoms with van der Waals surface area (Å²) in [6.07, 6.45) is 5.88. The highest BCUT2D eigenvalue weighted by Crippen LogP contribution is 2.39. The highest BCUT2D eigenvalue weighted by molar-refractivity contribution is 5.87. The lowest BCUT2D eigenvalue weighted by molar-refractivity contribution is -0.134. The number of fused-ring (bicyclic) bond motifs is 1. The molecule has 2 aliphatic carbocycles. The van der Waals surface area contributed by atoms with E-state index in [1.165, 1.54) is 36.8 Å². The summed E-state index contributed by atoms with van der Waals surface area (Å²) < 4.78 is 0. The first-order valence-corrected chi connectivity index (χ1v) is 8.42. The molecule has 3 nitrogen and oxygen atoms in total. The third-order valence-corrected chi connectivity index (χ3v) is 5.28. The number of hydrogen-bond donors (Lipinski definition) is 1. The molecule has 2 unspecified atom stereocenters. The minimum absolute atomic E-state index is 0.137. The number of amides is 1. The first-order chi connectivity index (χ1) is 10.3. The van der Waals surface area contributed by atoms with Crippen LogP contribution in [0, 0.1) is 5.92 Å². The predicted molar refractivity (Wildman–Crippen MR) is 83.2 cm³/mol. The zero-order valence-corrected chi connectivity index (χ0v) is 12.6. The lowest BCUT2D eigenvalue weighted by atomic mass is 9.76. The van der Waals surface area contributed by atoms with Gasteiger partial charge in [-0.2, -0.15) is 0 Å². The second-order valence-electron chi connectivity index (χ2n) is 6.89. The summed E-state index contributed by atoms with van der Waals surface area (Å²) >= 11 is 0. The van der Waals surface area contributed by atoms with Crippen LogP contribution in [0.15, 0.2) is 24.3 Å². The van der Waals surface area contributed by atoms with Crippen LogP contribution in [-0.2, 0) is 11.2 Å². The molecule has 1 amide bonds. The summed E-state index contributed by atoms with van der Waals surface area (Å²) in [7, 11) is 0. The average Bonchev–Trinajstić information content (AvgIpc) is 3.31. The van der Waals surface area contributed by atoms with E-state index in [-0.39, 0.29) is 5.92 Å². The van der Waals surface area contributed by atoms with E-state index < -0.39 is 0 Å². The van der Waals surface area contributed by atoms with Crippen LogP contribution in [0.2, 0.25) is 0 Å². The van der Waals surface area contributed by atoms with Crippen LogP contribution in [0.25, 0.3) is 0 Å². The molecule has 0 spiro atoms. The Kier molecular flexibility index (Phi) is 3.46. The molecular weight excluding hydrogens is 260 g/mol. The summed E-state index contributed by atoms with van der Waals surface area (Å²) in [5.74, 6) is 1.18. The van der Waals surface area contributed by atoms with Crippen molar-refractivity contribution >= 4 is 5.91 Å². The van der Waals surface area contributed by atoms with Crippen LogP contribution in [0.5, 0.6) is 0 Å². The van der Waals surface area contributed by atoms with E-state index in [9.17, 15) is 4.79 Å². The second-order valence-corrected chi connectivity index (χ2v) is 6.89. The highest BCUT2D eigenvalue weighted by Gasteiger charge is 2.40. The molecule has 2 fully saturated rings. The van der Waals surface area contributed by atoms with Gasteiger partial charge < -0.3 is 10.2 Å². The van der Waals surface area contributed by atoms with Crippen LogP contribution in [-0.4, -0.2) is 36.5 Å². The number of hydrogen-bond acceptors (Lipinski definition) is 2. The molecular formula is C18H24N2O. The number of nitrogens with zero attached hydrogens (tertiary/aromatic N) is 1. The number of carbonyl (C=O) groups is 1. The molecule has 1 aliphatic heterocycles. The summed E-state index contributed by atoms with van der Waals surface area (Å²) in [5, 5.41) is 3.47. The van der Waals surface area contributed by atoms with Gasteiger partial charge in [-0.05, 0) is 62.2 Å². The monoisotopic (exact) mass is 284 g/mol. The molecule has 4 rings (SSSR count). The molecule has 3 aliphatic rings. The molecule has 0 radical (unpaired) electrons. The van der Waals surface area contributed by atoms with Gasteiger partial charge >= 0.3 is 0 Å². The Bertz CT molecular complexity index is 532. The van der Waals surface area contributed by atoms with E-state index in [0.717, 1.165) is 26.1 Å². The van der Waals surface area contributed by atoms with Crippen molar-refractivity contribution in [1.29, 1.82) is 0 Å². The van der Waals surface area contributed by atoms with Crippen molar-refractivity contribution in [1.82, 2.24) is 10.2 Å². The third-order valence-electron chi connectivity index (χ3n) is 5.28. The second kappa shape index (κ2) is 5.45. The molecule has 3 heteroatoms. The molecule has 1 aromatic rings. The molecule has 21 heavy (non-hydrogen) atoms. The van der Waals surface area contributed by atoms with E-state index in [1.54, 1.807) is 0 Å². The number of nitrogens with one attached hydrogen (secondary N) is 1. The topological polar surface area (TPSA) is 32.3 Å². The summed E-state index contributed by atoms with van der Waals surface area (Å²) in [5.41, 5.74) is 2.64. The summed E-state index contributed by atoms with van der Waals surface area (Å²) in [6, 6.07) is 8.96. The van der Waals surface area contributed by atoms with Gasteiger partial charge in [0.25, 0.3) is 0 Å². The van der Waals surface area contributed by atoms with Crippen LogP contribution in [0.4, 0.5) is 0 Å². The van der Waals surface area contributed by atoms with Crippen molar-refractivity contribution in [3.8, 4) is 0 Å². The fourth-order valence-corrected chi connectivity index (χ4v) is 3.84. The van der Waals surface area contributed by atoms with Gasteiger partial charge in [-0.1, -0.05) is 24.3 Å². The maximum Gasteiger partial charge on any atom is 0.230 e. The Balaban J connectivity index is 1.46. The summed E-state index contributed by atoms with van der Waals surface area (Å²) in [4.78, 5) is 15.2. The van der Waals surface area contributed by atoms with Crippen LogP contribution < -0.4 is 5.32 Å². The largest absolute Gasteiger partial charge is 0.339 e. The molecule has 2 atom stereocenters. The molecule has 1 aromatic carbocycles. The Morgan fingerprint density at radius 3 is 2.81 bits per heavy atom. The van der Waals surface area contributed by atoms with Crippen molar-refractivity contribution in [3.05, 3.63) is 35.4 Å². The molecule has 112 valence electrons. The van der Waals surface area contributed by atoms with E-state index in [2.05, 4.69) is 34.5 Å². The number of rotatable bonds is 4. The Morgan fingerprint density at radius 1 is 1.24 bits per heavy atom. The minimum Gasteiger partial charge on any atom is -0.339 e. The van der Waals surface area contributed by atoms with Gasteiger partial charge in [-0.15, -0.1) is 0 Å². The fraction of sp³-hybridized carbons (Fsp3) is 0.611. The van der Waals surface area contributed by atoms with Crippen LogP contribution >= 0.6 is 0 Å². The zero-order chi connectivity index (χ0) is 14.2. The van der Waals surface area contributed by atoms with Gasteiger partial charge in [0.05, 0.1) is 5.92 Å². The minimum atomic E-state index is 0.137. The number of benzene rings is 1. The molecule has 0 bridgehead atoms. The Morgan fingerprint density at radius 2 is 2.10 bits per heavy atom. The van der Waals surface area contributed by atoms with E-state index in [4.69, 9.17) is 0 Å². The molecule has 0 aromatic heterocycles. The first kappa shape index (κ1) is 13.3. The maximum atomic E-state index is 12.9. The summed E-state index contributed by atoms with van der Waals surface area (Å²) in [6.45, 7) is 3.19. The van der Waals surface area contributed by atoms with Crippen molar-refractivity contribution in [2.24, 2.45) is 5.92 Å². The smallest absolute Gasteiger partial charge is 0.230 e. The zero-order valence-electron chi connectivity index (χ0n) is 12.6. The van der Waals surface area contributed by atoms with E-state index >= 15 is 0 Å². The highest BCUT2D eigenvalue weighted by atomic mass is 16.2. The molecule has 1 saturated heterocycles. The van der Waals surface area contributed by atoms with Gasteiger partial charge in [0.1, 0.15) is 0 Å². The lowest BCUT2D eigenvalue weighted by Gasteiger charge is -2.36. The Labute approximate surface area is 126 Å². The van der Waals surface area contributed by atoms with Gasteiger partial charge in [-0.25, -0.2) is 0 Å². The predicted octanol–water partition coefficient (Wildman–Crippen LogP) is 2.32. The molecule has 1 N–H and O–H groups in total. The quantitative estimate of drug-likeness (QED) is 0.920. The van der Waals surface area contributed by atoms with E-state index in [0.29, 0.717) is 17.9 Å². The fourth-order valence-electron chi connectivity index (χ4n) is 3.84. The number of carbonyl (C=O) groups excluding carboxylic acids is 1. The van der Waals surface area contributed by atoms with Gasteiger partial charge in [0, 0.05) is 12.6 Å². The Hall–Kier alpha value is -1.35. The standard InChI is InChI=1S/C18H24N2O/c21-18(17-10-14-5-1-2-6-16(14)17)20(15-7-8-15)12-13-4-3-9-19-11-13/h1-2,5-6,13,15,17,19H,3-4,7-12H2. The molecule has 1 heterocycles.